The molecule has 0 saturated heterocycles. The number of aliphatic hydroxyl groups is 1. The lowest BCUT2D eigenvalue weighted by molar-refractivity contribution is -0.138. The van der Waals surface area contributed by atoms with Gasteiger partial charge in [0.05, 0.1) is 13.2 Å². The van der Waals surface area contributed by atoms with Crippen molar-refractivity contribution in [3.8, 4) is 11.1 Å². The Labute approximate surface area is 168 Å². The zero-order valence-corrected chi connectivity index (χ0v) is 16.7. The van der Waals surface area contributed by atoms with Crippen LogP contribution in [0, 0.1) is 0 Å². The second-order valence-electron chi connectivity index (χ2n) is 7.77. The van der Waals surface area contributed by atoms with Crippen LogP contribution in [0.15, 0.2) is 54.6 Å². The lowest BCUT2D eigenvalue weighted by atomic mass is 9.83. The molecule has 3 rings (SSSR count). The Morgan fingerprint density at radius 2 is 1.82 bits per heavy atom. The van der Waals surface area contributed by atoms with E-state index in [1.54, 1.807) is 6.92 Å². The van der Waals surface area contributed by atoms with Crippen molar-refractivity contribution in [1.29, 1.82) is 0 Å². The molecule has 0 aliphatic heterocycles. The number of carbonyl (C=O) groups excluding carboxylic acids is 1. The summed E-state index contributed by atoms with van der Waals surface area (Å²) in [6.45, 7) is 5.56. The summed E-state index contributed by atoms with van der Waals surface area (Å²) in [5, 5.41) is 9.49. The minimum Gasteiger partial charge on any atom is -0.462 e. The summed E-state index contributed by atoms with van der Waals surface area (Å²) >= 11 is 0. The summed E-state index contributed by atoms with van der Waals surface area (Å²) in [6, 6.07) is 14.9. The fourth-order valence-electron chi connectivity index (χ4n) is 3.98. The van der Waals surface area contributed by atoms with Crippen molar-refractivity contribution in [2.45, 2.75) is 58.0 Å². The van der Waals surface area contributed by atoms with Crippen LogP contribution in [0.2, 0.25) is 0 Å². The molecule has 0 radical (unpaired) electrons. The number of ether oxygens (including phenoxy) is 1. The Balaban J connectivity index is 1.78. The standard InChI is InChI=1S/C25H30O3/c1-18(2)25(27)28-15-14-23-16-19(17-26)8-13-24(23)22-11-9-21(10-12-22)20-6-4-3-5-7-20/h8-13,16,20,26H,1,3-7,14-15,17H2,2H3. The third-order valence-corrected chi connectivity index (χ3v) is 5.60. The summed E-state index contributed by atoms with van der Waals surface area (Å²) in [6.07, 6.45) is 7.23. The summed E-state index contributed by atoms with van der Waals surface area (Å²) in [5.41, 5.74) is 6.06. The van der Waals surface area contributed by atoms with Crippen LogP contribution in [0.3, 0.4) is 0 Å². The van der Waals surface area contributed by atoms with E-state index in [-0.39, 0.29) is 12.6 Å². The van der Waals surface area contributed by atoms with Gasteiger partial charge in [-0.2, -0.15) is 0 Å². The van der Waals surface area contributed by atoms with E-state index in [1.165, 1.54) is 37.7 Å². The fourth-order valence-corrected chi connectivity index (χ4v) is 3.98. The molecular formula is C25H30O3. The minimum atomic E-state index is -0.364. The third-order valence-electron chi connectivity index (χ3n) is 5.60. The van der Waals surface area contributed by atoms with Gasteiger partial charge in [-0.05, 0) is 53.5 Å². The largest absolute Gasteiger partial charge is 0.462 e. The summed E-state index contributed by atoms with van der Waals surface area (Å²) < 4.78 is 5.27. The summed E-state index contributed by atoms with van der Waals surface area (Å²) in [5.74, 6) is 0.331. The van der Waals surface area contributed by atoms with E-state index in [0.29, 0.717) is 24.5 Å². The molecule has 0 heterocycles. The van der Waals surface area contributed by atoms with Crippen molar-refractivity contribution in [2.75, 3.05) is 6.61 Å². The molecule has 1 saturated carbocycles. The number of rotatable bonds is 7. The highest BCUT2D eigenvalue weighted by atomic mass is 16.5. The zero-order valence-electron chi connectivity index (χ0n) is 16.7. The molecule has 0 spiro atoms. The van der Waals surface area contributed by atoms with Gasteiger partial charge in [-0.3, -0.25) is 0 Å². The van der Waals surface area contributed by atoms with E-state index in [2.05, 4.69) is 36.9 Å². The maximum absolute atomic E-state index is 11.6. The molecule has 2 aromatic rings. The average Bonchev–Trinajstić information content (AvgIpc) is 2.74. The maximum atomic E-state index is 11.6. The highest BCUT2D eigenvalue weighted by Gasteiger charge is 2.16. The molecular weight excluding hydrogens is 348 g/mol. The molecule has 2 aromatic carbocycles. The predicted octanol–water partition coefficient (Wildman–Crippen LogP) is 5.56. The smallest absolute Gasteiger partial charge is 0.333 e. The van der Waals surface area contributed by atoms with Gasteiger partial charge in [0.15, 0.2) is 0 Å². The molecule has 0 atom stereocenters. The van der Waals surface area contributed by atoms with Crippen molar-refractivity contribution in [3.05, 3.63) is 71.3 Å². The van der Waals surface area contributed by atoms with Crippen molar-refractivity contribution >= 4 is 5.97 Å². The van der Waals surface area contributed by atoms with Crippen molar-refractivity contribution < 1.29 is 14.6 Å². The Hall–Kier alpha value is -2.39. The Kier molecular flexibility index (Phi) is 7.05. The molecule has 148 valence electrons. The van der Waals surface area contributed by atoms with E-state index < -0.39 is 0 Å². The lowest BCUT2D eigenvalue weighted by Crippen LogP contribution is -2.09. The Bertz CT molecular complexity index is 814. The first-order valence-electron chi connectivity index (χ1n) is 10.2. The topological polar surface area (TPSA) is 46.5 Å². The van der Waals surface area contributed by atoms with Gasteiger partial charge in [0.1, 0.15) is 0 Å². The monoisotopic (exact) mass is 378 g/mol. The van der Waals surface area contributed by atoms with Crippen LogP contribution in [-0.4, -0.2) is 17.7 Å². The van der Waals surface area contributed by atoms with Gasteiger partial charge in [0, 0.05) is 12.0 Å². The number of hydrogen-bond donors (Lipinski definition) is 1. The van der Waals surface area contributed by atoms with Crippen molar-refractivity contribution in [1.82, 2.24) is 0 Å². The van der Waals surface area contributed by atoms with Gasteiger partial charge in [-0.25, -0.2) is 4.79 Å². The number of benzene rings is 2. The number of carbonyl (C=O) groups is 1. The molecule has 0 unspecified atom stereocenters. The molecule has 3 heteroatoms. The van der Waals surface area contributed by atoms with Gasteiger partial charge < -0.3 is 9.84 Å². The van der Waals surface area contributed by atoms with E-state index in [0.717, 1.165) is 22.3 Å². The average molecular weight is 379 g/mol. The van der Waals surface area contributed by atoms with E-state index in [1.807, 2.05) is 12.1 Å². The first-order valence-corrected chi connectivity index (χ1v) is 10.2. The van der Waals surface area contributed by atoms with Gasteiger partial charge in [0.25, 0.3) is 0 Å². The summed E-state index contributed by atoms with van der Waals surface area (Å²) in [4.78, 5) is 11.6. The molecule has 0 bridgehead atoms. The predicted molar refractivity (Wildman–Crippen MR) is 113 cm³/mol. The second kappa shape index (κ2) is 9.70. The van der Waals surface area contributed by atoms with Crippen LogP contribution in [0.4, 0.5) is 0 Å². The lowest BCUT2D eigenvalue weighted by Gasteiger charge is -2.22. The van der Waals surface area contributed by atoms with Gasteiger partial charge in [-0.15, -0.1) is 0 Å². The Morgan fingerprint density at radius 1 is 1.11 bits per heavy atom. The molecule has 1 aliphatic carbocycles. The first-order chi connectivity index (χ1) is 13.6. The SMILES string of the molecule is C=C(C)C(=O)OCCc1cc(CO)ccc1-c1ccc(C2CCCCC2)cc1. The van der Waals surface area contributed by atoms with Gasteiger partial charge in [-0.1, -0.05) is 68.3 Å². The Morgan fingerprint density at radius 3 is 2.46 bits per heavy atom. The van der Waals surface area contributed by atoms with E-state index in [9.17, 15) is 9.90 Å². The molecule has 1 N–H and O–H groups in total. The second-order valence-corrected chi connectivity index (χ2v) is 7.77. The maximum Gasteiger partial charge on any atom is 0.333 e. The van der Waals surface area contributed by atoms with Crippen LogP contribution in [-0.2, 0) is 22.6 Å². The quantitative estimate of drug-likeness (QED) is 0.507. The van der Waals surface area contributed by atoms with Gasteiger partial charge in [0.2, 0.25) is 0 Å². The van der Waals surface area contributed by atoms with Crippen LogP contribution in [0.5, 0.6) is 0 Å². The van der Waals surface area contributed by atoms with Crippen LogP contribution in [0.1, 0.15) is 61.6 Å². The van der Waals surface area contributed by atoms with Gasteiger partial charge >= 0.3 is 5.97 Å². The normalized spacial score (nSPS) is 14.6. The van der Waals surface area contributed by atoms with E-state index in [4.69, 9.17) is 4.74 Å². The molecule has 0 amide bonds. The van der Waals surface area contributed by atoms with Crippen LogP contribution < -0.4 is 0 Å². The highest BCUT2D eigenvalue weighted by molar-refractivity contribution is 5.86. The summed E-state index contributed by atoms with van der Waals surface area (Å²) in [7, 11) is 0. The fraction of sp³-hybridized carbons (Fsp3) is 0.400. The first kappa shape index (κ1) is 20.3. The van der Waals surface area contributed by atoms with E-state index >= 15 is 0 Å². The van der Waals surface area contributed by atoms with Crippen molar-refractivity contribution in [2.24, 2.45) is 0 Å². The molecule has 28 heavy (non-hydrogen) atoms. The third kappa shape index (κ3) is 5.11. The number of esters is 1. The molecule has 3 nitrogen and oxygen atoms in total. The van der Waals surface area contributed by atoms with Crippen LogP contribution >= 0.6 is 0 Å². The molecule has 1 fully saturated rings. The number of aliphatic hydroxyl groups excluding tert-OH is 1. The molecule has 0 aromatic heterocycles. The minimum absolute atomic E-state index is 0.000544. The number of hydrogen-bond acceptors (Lipinski definition) is 3. The molecule has 1 aliphatic rings. The van der Waals surface area contributed by atoms with Crippen molar-refractivity contribution in [3.63, 3.8) is 0 Å². The highest BCUT2D eigenvalue weighted by Crippen LogP contribution is 2.34. The zero-order chi connectivity index (χ0) is 19.9. The van der Waals surface area contributed by atoms with Crippen LogP contribution in [0.25, 0.3) is 11.1 Å².